The molecule has 0 aromatic carbocycles. The quantitative estimate of drug-likeness (QED) is 0.800. The minimum Gasteiger partial charge on any atom is -0.314 e. The molecular weight excluding hydrogens is 212 g/mol. The lowest BCUT2D eigenvalue weighted by Crippen LogP contribution is -2.47. The van der Waals surface area contributed by atoms with Gasteiger partial charge in [-0.05, 0) is 31.2 Å². The summed E-state index contributed by atoms with van der Waals surface area (Å²) in [5.74, 6) is 0. The van der Waals surface area contributed by atoms with Crippen LogP contribution in [0.5, 0.6) is 0 Å². The van der Waals surface area contributed by atoms with Crippen LogP contribution < -0.4 is 5.32 Å². The third-order valence-corrected chi connectivity index (χ3v) is 3.18. The molecule has 0 aliphatic carbocycles. The van der Waals surface area contributed by atoms with E-state index in [-0.39, 0.29) is 0 Å². The number of hydrogen-bond acceptors (Lipinski definition) is 4. The SMILES string of the molecule is CN(CCc1ccncc1)CN1CCNCC1. The van der Waals surface area contributed by atoms with Crippen molar-refractivity contribution >= 4 is 0 Å². The largest absolute Gasteiger partial charge is 0.314 e. The highest BCUT2D eigenvalue weighted by molar-refractivity contribution is 5.09. The lowest BCUT2D eigenvalue weighted by atomic mass is 10.2. The number of aromatic nitrogens is 1. The lowest BCUT2D eigenvalue weighted by Gasteiger charge is -2.31. The molecule has 1 aromatic rings. The molecule has 2 rings (SSSR count). The van der Waals surface area contributed by atoms with Crippen molar-refractivity contribution in [3.05, 3.63) is 30.1 Å². The molecule has 1 saturated heterocycles. The summed E-state index contributed by atoms with van der Waals surface area (Å²) in [5, 5.41) is 3.38. The summed E-state index contributed by atoms with van der Waals surface area (Å²) in [7, 11) is 2.20. The van der Waals surface area contributed by atoms with Crippen LogP contribution in [0.2, 0.25) is 0 Å². The van der Waals surface area contributed by atoms with E-state index in [2.05, 4.69) is 39.3 Å². The van der Waals surface area contributed by atoms with Crippen LogP contribution >= 0.6 is 0 Å². The molecule has 0 saturated carbocycles. The Kier molecular flexibility index (Phi) is 4.91. The molecule has 1 aliphatic heterocycles. The third-order valence-electron chi connectivity index (χ3n) is 3.18. The highest BCUT2D eigenvalue weighted by Crippen LogP contribution is 2.00. The second-order valence-electron chi connectivity index (χ2n) is 4.69. The minimum absolute atomic E-state index is 1.08. The zero-order valence-electron chi connectivity index (χ0n) is 10.6. The summed E-state index contributed by atoms with van der Waals surface area (Å²) in [6, 6.07) is 4.19. The normalized spacial score (nSPS) is 17.5. The zero-order chi connectivity index (χ0) is 11.9. The number of nitrogens with one attached hydrogen (secondary N) is 1. The van der Waals surface area contributed by atoms with Gasteiger partial charge < -0.3 is 5.32 Å². The highest BCUT2D eigenvalue weighted by Gasteiger charge is 2.11. The van der Waals surface area contributed by atoms with Gasteiger partial charge in [0, 0.05) is 45.1 Å². The van der Waals surface area contributed by atoms with E-state index in [1.807, 2.05) is 12.4 Å². The summed E-state index contributed by atoms with van der Waals surface area (Å²) >= 11 is 0. The molecule has 0 amide bonds. The van der Waals surface area contributed by atoms with Crippen molar-refractivity contribution < 1.29 is 0 Å². The monoisotopic (exact) mass is 234 g/mol. The van der Waals surface area contributed by atoms with E-state index in [1.165, 1.54) is 18.7 Å². The summed E-state index contributed by atoms with van der Waals surface area (Å²) in [6.07, 6.45) is 4.84. The predicted molar refractivity (Wildman–Crippen MR) is 69.9 cm³/mol. The highest BCUT2D eigenvalue weighted by atomic mass is 15.3. The number of nitrogens with zero attached hydrogens (tertiary/aromatic N) is 3. The Hall–Kier alpha value is -0.970. The van der Waals surface area contributed by atoms with E-state index >= 15 is 0 Å². The van der Waals surface area contributed by atoms with Crippen LogP contribution in [0.4, 0.5) is 0 Å². The van der Waals surface area contributed by atoms with Gasteiger partial charge >= 0.3 is 0 Å². The van der Waals surface area contributed by atoms with Gasteiger partial charge in [0.05, 0.1) is 6.67 Å². The fraction of sp³-hybridized carbons (Fsp3) is 0.615. The maximum atomic E-state index is 4.04. The minimum atomic E-state index is 1.08. The third kappa shape index (κ3) is 4.42. The molecule has 94 valence electrons. The Bertz CT molecular complexity index is 308. The van der Waals surface area contributed by atoms with Crippen molar-refractivity contribution in [2.24, 2.45) is 0 Å². The van der Waals surface area contributed by atoms with E-state index in [0.717, 1.165) is 32.7 Å². The van der Waals surface area contributed by atoms with E-state index < -0.39 is 0 Å². The van der Waals surface area contributed by atoms with Gasteiger partial charge in [-0.1, -0.05) is 0 Å². The molecule has 1 aliphatic rings. The van der Waals surface area contributed by atoms with Gasteiger partial charge in [0.15, 0.2) is 0 Å². The first kappa shape index (κ1) is 12.5. The molecule has 0 spiro atoms. The number of pyridine rings is 1. The van der Waals surface area contributed by atoms with Crippen LogP contribution in [0.1, 0.15) is 5.56 Å². The summed E-state index contributed by atoms with van der Waals surface area (Å²) in [5.41, 5.74) is 1.37. The predicted octanol–water partition coefficient (Wildman–Crippen LogP) is 0.419. The molecule has 0 unspecified atom stereocenters. The van der Waals surface area contributed by atoms with E-state index in [1.54, 1.807) is 0 Å². The zero-order valence-corrected chi connectivity index (χ0v) is 10.6. The Balaban J connectivity index is 1.68. The van der Waals surface area contributed by atoms with Gasteiger partial charge in [0.1, 0.15) is 0 Å². The Morgan fingerprint density at radius 3 is 2.71 bits per heavy atom. The summed E-state index contributed by atoms with van der Waals surface area (Å²) in [4.78, 5) is 8.93. The second-order valence-corrected chi connectivity index (χ2v) is 4.69. The molecule has 0 atom stereocenters. The fourth-order valence-electron chi connectivity index (χ4n) is 2.13. The van der Waals surface area contributed by atoms with E-state index in [9.17, 15) is 0 Å². The van der Waals surface area contributed by atoms with Crippen molar-refractivity contribution in [2.75, 3.05) is 46.4 Å². The van der Waals surface area contributed by atoms with E-state index in [4.69, 9.17) is 0 Å². The standard InChI is InChI=1S/C13H22N4/c1-16(12-17-10-7-15-8-11-17)9-4-13-2-5-14-6-3-13/h2-3,5-6,15H,4,7-12H2,1H3. The summed E-state index contributed by atoms with van der Waals surface area (Å²) < 4.78 is 0. The van der Waals surface area contributed by atoms with Gasteiger partial charge in [-0.15, -0.1) is 0 Å². The summed E-state index contributed by atoms with van der Waals surface area (Å²) in [6.45, 7) is 6.76. The van der Waals surface area contributed by atoms with Gasteiger partial charge in [0.25, 0.3) is 0 Å². The maximum absolute atomic E-state index is 4.04. The smallest absolute Gasteiger partial charge is 0.0504 e. The first-order valence-electron chi connectivity index (χ1n) is 6.35. The van der Waals surface area contributed by atoms with Crippen molar-refractivity contribution in [3.63, 3.8) is 0 Å². The van der Waals surface area contributed by atoms with Crippen LogP contribution in [-0.4, -0.2) is 61.2 Å². The van der Waals surface area contributed by atoms with Gasteiger partial charge in [-0.2, -0.15) is 0 Å². The van der Waals surface area contributed by atoms with Crippen molar-refractivity contribution in [1.82, 2.24) is 20.1 Å². The van der Waals surface area contributed by atoms with Gasteiger partial charge in [0.2, 0.25) is 0 Å². The van der Waals surface area contributed by atoms with Crippen molar-refractivity contribution in [1.29, 1.82) is 0 Å². The molecule has 1 N–H and O–H groups in total. The molecule has 17 heavy (non-hydrogen) atoms. The van der Waals surface area contributed by atoms with Crippen molar-refractivity contribution in [2.45, 2.75) is 6.42 Å². The molecule has 0 bridgehead atoms. The first-order chi connectivity index (χ1) is 8.34. The Morgan fingerprint density at radius 1 is 1.29 bits per heavy atom. The van der Waals surface area contributed by atoms with Gasteiger partial charge in [-0.3, -0.25) is 14.8 Å². The van der Waals surface area contributed by atoms with Crippen LogP contribution in [0.15, 0.2) is 24.5 Å². The molecule has 4 nitrogen and oxygen atoms in total. The molecule has 2 heterocycles. The Morgan fingerprint density at radius 2 is 2.00 bits per heavy atom. The fourth-order valence-corrected chi connectivity index (χ4v) is 2.13. The second kappa shape index (κ2) is 6.69. The molecule has 1 aromatic heterocycles. The number of hydrogen-bond donors (Lipinski definition) is 1. The van der Waals surface area contributed by atoms with Crippen LogP contribution in [-0.2, 0) is 6.42 Å². The van der Waals surface area contributed by atoms with E-state index in [0.29, 0.717) is 0 Å². The number of rotatable bonds is 5. The molecule has 4 heteroatoms. The number of likely N-dealkylation sites (N-methyl/N-ethyl adjacent to an activating group) is 1. The average molecular weight is 234 g/mol. The lowest BCUT2D eigenvalue weighted by molar-refractivity contribution is 0.140. The average Bonchev–Trinajstić information content (AvgIpc) is 2.39. The first-order valence-corrected chi connectivity index (χ1v) is 6.35. The topological polar surface area (TPSA) is 31.4 Å². The number of piperazine rings is 1. The molecule has 0 radical (unpaired) electrons. The van der Waals surface area contributed by atoms with Gasteiger partial charge in [-0.25, -0.2) is 0 Å². The molecular formula is C13H22N4. The maximum Gasteiger partial charge on any atom is 0.0504 e. The van der Waals surface area contributed by atoms with Crippen LogP contribution in [0, 0.1) is 0 Å². The van der Waals surface area contributed by atoms with Crippen LogP contribution in [0.3, 0.4) is 0 Å². The van der Waals surface area contributed by atoms with Crippen LogP contribution in [0.25, 0.3) is 0 Å². The Labute approximate surface area is 104 Å². The molecule has 1 fully saturated rings. The van der Waals surface area contributed by atoms with Crippen molar-refractivity contribution in [3.8, 4) is 0 Å².